The lowest BCUT2D eigenvalue weighted by Gasteiger charge is -2.35. The van der Waals surface area contributed by atoms with Gasteiger partial charge in [0.1, 0.15) is 6.10 Å². The lowest BCUT2D eigenvalue weighted by atomic mass is 9.93. The van der Waals surface area contributed by atoms with Gasteiger partial charge in [0, 0.05) is 12.5 Å². The van der Waals surface area contributed by atoms with Crippen LogP contribution in [0.15, 0.2) is 60.7 Å². The van der Waals surface area contributed by atoms with Crippen LogP contribution in [0.5, 0.6) is 0 Å². The van der Waals surface area contributed by atoms with Gasteiger partial charge < -0.3 is 9.64 Å². The van der Waals surface area contributed by atoms with Crippen LogP contribution < -0.4 is 0 Å². The molecule has 1 aliphatic heterocycles. The number of carbonyl (C=O) groups is 1. The number of aryl methyl sites for hydroxylation is 1. The van der Waals surface area contributed by atoms with Gasteiger partial charge in [0.2, 0.25) is 0 Å². The molecule has 4 heteroatoms. The summed E-state index contributed by atoms with van der Waals surface area (Å²) in [5.41, 5.74) is 2.08. The summed E-state index contributed by atoms with van der Waals surface area (Å²) in [6, 6.07) is 20.1. The Labute approximate surface area is 181 Å². The molecule has 0 bridgehead atoms. The predicted molar refractivity (Wildman–Crippen MR) is 122 cm³/mol. The minimum atomic E-state index is -0.203. The molecule has 1 heterocycles. The van der Waals surface area contributed by atoms with Crippen LogP contribution >= 0.6 is 12.4 Å². The van der Waals surface area contributed by atoms with E-state index in [0.29, 0.717) is 11.5 Å². The summed E-state index contributed by atoms with van der Waals surface area (Å²) in [7, 11) is 0. The topological polar surface area (TPSA) is 29.5 Å². The number of unbranched alkanes of at least 4 members (excludes halogenated alkanes) is 2. The minimum Gasteiger partial charge on any atom is -0.459 e. The van der Waals surface area contributed by atoms with Gasteiger partial charge in [-0.15, -0.1) is 12.4 Å². The second kappa shape index (κ2) is 12.7. The first-order valence-electron chi connectivity index (χ1n) is 10.7. The Balaban J connectivity index is 0.00000300. The third-order valence-corrected chi connectivity index (χ3v) is 5.79. The third-order valence-electron chi connectivity index (χ3n) is 5.79. The molecule has 1 fully saturated rings. The first-order chi connectivity index (χ1) is 13.7. The largest absolute Gasteiger partial charge is 0.459 e. The molecule has 2 unspecified atom stereocenters. The van der Waals surface area contributed by atoms with Gasteiger partial charge in [0.05, 0.1) is 5.56 Å². The number of nitrogens with zero attached hydrogens (tertiary/aromatic N) is 1. The molecule has 2 aromatic rings. The van der Waals surface area contributed by atoms with Crippen molar-refractivity contribution in [1.29, 1.82) is 0 Å². The zero-order valence-electron chi connectivity index (χ0n) is 17.5. The van der Waals surface area contributed by atoms with Crippen LogP contribution in [0.4, 0.5) is 0 Å². The Hall–Kier alpha value is -1.84. The van der Waals surface area contributed by atoms with E-state index in [0.717, 1.165) is 19.5 Å². The molecule has 1 aliphatic rings. The van der Waals surface area contributed by atoms with Crippen LogP contribution in [0, 0.1) is 5.92 Å². The smallest absolute Gasteiger partial charge is 0.338 e. The summed E-state index contributed by atoms with van der Waals surface area (Å²) in [5.74, 6) is 0.233. The fraction of sp³-hybridized carbons (Fsp3) is 0.480. The SMILES string of the molecule is CC(OC(=O)c1ccccc1)C1CCCN(CCCCCc2ccccc2)C1.Cl. The van der Waals surface area contributed by atoms with Gasteiger partial charge in [-0.25, -0.2) is 4.79 Å². The van der Waals surface area contributed by atoms with Gasteiger partial charge >= 0.3 is 5.97 Å². The number of benzene rings is 2. The van der Waals surface area contributed by atoms with Gasteiger partial charge in [-0.2, -0.15) is 0 Å². The second-order valence-electron chi connectivity index (χ2n) is 7.98. The zero-order chi connectivity index (χ0) is 19.6. The zero-order valence-corrected chi connectivity index (χ0v) is 18.3. The van der Waals surface area contributed by atoms with E-state index in [1.807, 2.05) is 30.3 Å². The molecule has 0 saturated carbocycles. The van der Waals surface area contributed by atoms with E-state index in [4.69, 9.17) is 4.74 Å². The average Bonchev–Trinajstić information content (AvgIpc) is 2.75. The molecule has 0 N–H and O–H groups in total. The molecule has 1 saturated heterocycles. The van der Waals surface area contributed by atoms with Crippen LogP contribution in [-0.4, -0.2) is 36.6 Å². The first kappa shape index (κ1) is 23.4. The Morgan fingerprint density at radius 2 is 1.72 bits per heavy atom. The van der Waals surface area contributed by atoms with Gasteiger partial charge in [-0.3, -0.25) is 0 Å². The van der Waals surface area contributed by atoms with Gasteiger partial charge in [-0.05, 0) is 69.8 Å². The second-order valence-corrected chi connectivity index (χ2v) is 7.98. The maximum absolute atomic E-state index is 12.3. The number of likely N-dealkylation sites (tertiary alicyclic amines) is 1. The molecule has 2 atom stereocenters. The van der Waals surface area contributed by atoms with Crippen LogP contribution in [-0.2, 0) is 11.2 Å². The van der Waals surface area contributed by atoms with Gasteiger partial charge in [-0.1, -0.05) is 55.0 Å². The highest BCUT2D eigenvalue weighted by atomic mass is 35.5. The highest BCUT2D eigenvalue weighted by Crippen LogP contribution is 2.23. The van der Waals surface area contributed by atoms with Crippen molar-refractivity contribution in [1.82, 2.24) is 4.90 Å². The van der Waals surface area contributed by atoms with Crippen LogP contribution in [0.2, 0.25) is 0 Å². The standard InChI is InChI=1S/C25H33NO2.ClH/c1-21(28-25(27)23-15-8-3-9-16-23)24-17-11-19-26(20-24)18-10-4-7-14-22-12-5-2-6-13-22;/h2-3,5-6,8-9,12-13,15-16,21,24H,4,7,10-11,14,17-20H2,1H3;1H. The number of hydrogen-bond donors (Lipinski definition) is 0. The summed E-state index contributed by atoms with van der Waals surface area (Å²) in [6.45, 7) is 5.43. The van der Waals surface area contributed by atoms with Crippen LogP contribution in [0.1, 0.15) is 54.9 Å². The molecule has 0 radical (unpaired) electrons. The number of carbonyl (C=O) groups excluding carboxylic acids is 1. The van der Waals surface area contributed by atoms with E-state index in [1.54, 1.807) is 0 Å². The van der Waals surface area contributed by atoms with Crippen molar-refractivity contribution in [2.75, 3.05) is 19.6 Å². The highest BCUT2D eigenvalue weighted by Gasteiger charge is 2.27. The normalized spacial score (nSPS) is 17.9. The Morgan fingerprint density at radius 3 is 2.45 bits per heavy atom. The number of piperidine rings is 1. The fourth-order valence-corrected chi connectivity index (χ4v) is 4.07. The molecular weight excluding hydrogens is 382 g/mol. The van der Waals surface area contributed by atoms with Crippen molar-refractivity contribution in [3.8, 4) is 0 Å². The maximum atomic E-state index is 12.3. The summed E-state index contributed by atoms with van der Waals surface area (Å²) in [6.07, 6.45) is 7.26. The van der Waals surface area contributed by atoms with E-state index < -0.39 is 0 Å². The number of esters is 1. The van der Waals surface area contributed by atoms with Crippen molar-refractivity contribution in [2.24, 2.45) is 5.92 Å². The molecule has 3 rings (SSSR count). The Bertz CT molecular complexity index is 707. The lowest BCUT2D eigenvalue weighted by Crippen LogP contribution is -2.41. The quantitative estimate of drug-likeness (QED) is 0.384. The average molecular weight is 416 g/mol. The predicted octanol–water partition coefficient (Wildman–Crippen LogP) is 5.78. The molecule has 0 aliphatic carbocycles. The number of halogens is 1. The van der Waals surface area contributed by atoms with Gasteiger partial charge in [0.15, 0.2) is 0 Å². The molecule has 158 valence electrons. The maximum Gasteiger partial charge on any atom is 0.338 e. The van der Waals surface area contributed by atoms with Crippen LogP contribution in [0.25, 0.3) is 0 Å². The molecule has 0 spiro atoms. The number of hydrogen-bond acceptors (Lipinski definition) is 3. The van der Waals surface area contributed by atoms with E-state index in [1.165, 1.54) is 44.2 Å². The summed E-state index contributed by atoms with van der Waals surface area (Å²) >= 11 is 0. The molecule has 2 aromatic carbocycles. The van der Waals surface area contributed by atoms with Gasteiger partial charge in [0.25, 0.3) is 0 Å². The Kier molecular flexibility index (Phi) is 10.2. The molecule has 3 nitrogen and oxygen atoms in total. The summed E-state index contributed by atoms with van der Waals surface area (Å²) in [5, 5.41) is 0. The molecular formula is C25H34ClNO2. The van der Waals surface area contributed by atoms with Crippen molar-refractivity contribution >= 4 is 18.4 Å². The molecule has 0 amide bonds. The lowest BCUT2D eigenvalue weighted by molar-refractivity contribution is 0.00522. The van der Waals surface area contributed by atoms with E-state index in [-0.39, 0.29) is 24.5 Å². The van der Waals surface area contributed by atoms with Crippen molar-refractivity contribution < 1.29 is 9.53 Å². The third kappa shape index (κ3) is 7.83. The number of ether oxygens (including phenoxy) is 1. The fourth-order valence-electron chi connectivity index (χ4n) is 4.07. The summed E-state index contributed by atoms with van der Waals surface area (Å²) < 4.78 is 5.75. The summed E-state index contributed by atoms with van der Waals surface area (Å²) in [4.78, 5) is 14.9. The Morgan fingerprint density at radius 1 is 1.03 bits per heavy atom. The van der Waals surface area contributed by atoms with Crippen molar-refractivity contribution in [3.63, 3.8) is 0 Å². The minimum absolute atomic E-state index is 0. The number of rotatable bonds is 9. The van der Waals surface area contributed by atoms with Crippen LogP contribution in [0.3, 0.4) is 0 Å². The van der Waals surface area contributed by atoms with E-state index >= 15 is 0 Å². The van der Waals surface area contributed by atoms with E-state index in [9.17, 15) is 4.79 Å². The van der Waals surface area contributed by atoms with E-state index in [2.05, 4.69) is 42.2 Å². The van der Waals surface area contributed by atoms with Crippen molar-refractivity contribution in [2.45, 2.75) is 51.6 Å². The highest BCUT2D eigenvalue weighted by molar-refractivity contribution is 5.89. The first-order valence-corrected chi connectivity index (χ1v) is 10.7. The molecule has 29 heavy (non-hydrogen) atoms. The van der Waals surface area contributed by atoms with Crippen molar-refractivity contribution in [3.05, 3.63) is 71.8 Å². The molecule has 0 aromatic heterocycles. The monoisotopic (exact) mass is 415 g/mol.